The Labute approximate surface area is 90.9 Å². The van der Waals surface area contributed by atoms with Crippen molar-refractivity contribution >= 4 is 11.6 Å². The predicted octanol–water partition coefficient (Wildman–Crippen LogP) is 1.80. The number of benzene rings is 1. The van der Waals surface area contributed by atoms with Crippen LogP contribution in [0.5, 0.6) is 0 Å². The van der Waals surface area contributed by atoms with Crippen LogP contribution in [0.15, 0.2) is 24.3 Å². The van der Waals surface area contributed by atoms with E-state index in [1.54, 1.807) is 7.05 Å². The molecule has 1 aromatic rings. The predicted molar refractivity (Wildman–Crippen MR) is 63.0 cm³/mol. The summed E-state index contributed by atoms with van der Waals surface area (Å²) in [6, 6.07) is 8.26. The Balaban J connectivity index is 2.81. The van der Waals surface area contributed by atoms with Crippen molar-refractivity contribution in [3.63, 3.8) is 0 Å². The smallest absolute Gasteiger partial charge is 0.224 e. The summed E-state index contributed by atoms with van der Waals surface area (Å²) in [5, 5.41) is 5.95. The maximum Gasteiger partial charge on any atom is 0.224 e. The lowest BCUT2D eigenvalue weighted by Gasteiger charge is -2.14. The van der Waals surface area contributed by atoms with Crippen LogP contribution in [0.1, 0.15) is 19.4 Å². The lowest BCUT2D eigenvalue weighted by atomic mass is 10.1. The largest absolute Gasteiger partial charge is 0.383 e. The van der Waals surface area contributed by atoms with E-state index in [2.05, 4.69) is 24.5 Å². The van der Waals surface area contributed by atoms with E-state index in [0.29, 0.717) is 12.5 Å². The van der Waals surface area contributed by atoms with E-state index in [4.69, 9.17) is 0 Å². The number of carbonyl (C=O) groups excluding carboxylic acids is 1. The SMILES string of the molecule is CNC(=O)Cc1ccccc1NC(C)C. The highest BCUT2D eigenvalue weighted by Crippen LogP contribution is 2.16. The molecule has 0 radical (unpaired) electrons. The first-order valence-electron chi connectivity index (χ1n) is 5.18. The molecule has 0 saturated carbocycles. The molecule has 3 heteroatoms. The number of amides is 1. The van der Waals surface area contributed by atoms with Crippen molar-refractivity contribution in [2.24, 2.45) is 0 Å². The molecule has 2 N–H and O–H groups in total. The molecule has 0 unspecified atom stereocenters. The van der Waals surface area contributed by atoms with Crippen molar-refractivity contribution in [2.75, 3.05) is 12.4 Å². The van der Waals surface area contributed by atoms with Gasteiger partial charge in [-0.15, -0.1) is 0 Å². The number of carbonyl (C=O) groups is 1. The third-order valence-corrected chi connectivity index (χ3v) is 2.09. The van der Waals surface area contributed by atoms with Gasteiger partial charge in [0.2, 0.25) is 5.91 Å². The molecule has 0 saturated heterocycles. The molecule has 1 aromatic carbocycles. The van der Waals surface area contributed by atoms with Gasteiger partial charge >= 0.3 is 0 Å². The highest BCUT2D eigenvalue weighted by Gasteiger charge is 2.06. The van der Waals surface area contributed by atoms with Crippen LogP contribution in [-0.4, -0.2) is 19.0 Å². The van der Waals surface area contributed by atoms with E-state index in [0.717, 1.165) is 11.3 Å². The summed E-state index contributed by atoms with van der Waals surface area (Å²) >= 11 is 0. The van der Waals surface area contributed by atoms with Crippen LogP contribution in [0.3, 0.4) is 0 Å². The fourth-order valence-corrected chi connectivity index (χ4v) is 1.39. The second kappa shape index (κ2) is 5.39. The molecule has 3 nitrogen and oxygen atoms in total. The van der Waals surface area contributed by atoms with Gasteiger partial charge in [0.05, 0.1) is 6.42 Å². The first kappa shape index (κ1) is 11.6. The Kier molecular flexibility index (Phi) is 4.16. The van der Waals surface area contributed by atoms with Gasteiger partial charge in [0, 0.05) is 18.8 Å². The van der Waals surface area contributed by atoms with Gasteiger partial charge in [0.25, 0.3) is 0 Å². The molecule has 0 spiro atoms. The zero-order chi connectivity index (χ0) is 11.3. The first-order valence-corrected chi connectivity index (χ1v) is 5.18. The molecule has 1 amide bonds. The zero-order valence-corrected chi connectivity index (χ0v) is 9.50. The summed E-state index contributed by atoms with van der Waals surface area (Å²) in [4.78, 5) is 11.3. The van der Waals surface area contributed by atoms with E-state index in [1.165, 1.54) is 0 Å². The van der Waals surface area contributed by atoms with E-state index < -0.39 is 0 Å². The topological polar surface area (TPSA) is 41.1 Å². The molecule has 1 rings (SSSR count). The summed E-state index contributed by atoms with van der Waals surface area (Å²) in [6.45, 7) is 4.16. The quantitative estimate of drug-likeness (QED) is 0.788. The maximum absolute atomic E-state index is 11.3. The van der Waals surface area contributed by atoms with Crippen molar-refractivity contribution in [3.05, 3.63) is 29.8 Å². The number of hydrogen-bond acceptors (Lipinski definition) is 2. The Hall–Kier alpha value is -1.51. The third kappa shape index (κ3) is 3.62. The van der Waals surface area contributed by atoms with E-state index in [-0.39, 0.29) is 5.91 Å². The summed E-state index contributed by atoms with van der Waals surface area (Å²) in [7, 11) is 1.65. The summed E-state index contributed by atoms with van der Waals surface area (Å²) in [5.41, 5.74) is 2.07. The van der Waals surface area contributed by atoms with Crippen molar-refractivity contribution in [1.82, 2.24) is 5.32 Å². The molecule has 0 bridgehead atoms. The van der Waals surface area contributed by atoms with Crippen LogP contribution < -0.4 is 10.6 Å². The third-order valence-electron chi connectivity index (χ3n) is 2.09. The zero-order valence-electron chi connectivity index (χ0n) is 9.50. The number of nitrogens with one attached hydrogen (secondary N) is 2. The maximum atomic E-state index is 11.3. The van der Waals surface area contributed by atoms with E-state index in [1.807, 2.05) is 24.3 Å². The molecule has 0 aromatic heterocycles. The second-order valence-electron chi connectivity index (χ2n) is 3.81. The molecule has 0 aliphatic carbocycles. The van der Waals surface area contributed by atoms with Crippen molar-refractivity contribution in [1.29, 1.82) is 0 Å². The Morgan fingerprint density at radius 2 is 2.00 bits per heavy atom. The fourth-order valence-electron chi connectivity index (χ4n) is 1.39. The normalized spacial score (nSPS) is 10.1. The van der Waals surface area contributed by atoms with Crippen molar-refractivity contribution in [2.45, 2.75) is 26.3 Å². The number of para-hydroxylation sites is 1. The van der Waals surface area contributed by atoms with E-state index in [9.17, 15) is 4.79 Å². The first-order chi connectivity index (χ1) is 7.13. The van der Waals surface area contributed by atoms with Crippen LogP contribution in [0.2, 0.25) is 0 Å². The molecule has 15 heavy (non-hydrogen) atoms. The summed E-state index contributed by atoms with van der Waals surface area (Å²) < 4.78 is 0. The average molecular weight is 206 g/mol. The number of likely N-dealkylation sites (N-methyl/N-ethyl adjacent to an activating group) is 1. The van der Waals surface area contributed by atoms with Gasteiger partial charge in [-0.3, -0.25) is 4.79 Å². The van der Waals surface area contributed by atoms with Gasteiger partial charge in [-0.25, -0.2) is 0 Å². The van der Waals surface area contributed by atoms with Crippen molar-refractivity contribution in [3.8, 4) is 0 Å². The Morgan fingerprint density at radius 1 is 1.33 bits per heavy atom. The van der Waals surface area contributed by atoms with Crippen LogP contribution in [0.25, 0.3) is 0 Å². The highest BCUT2D eigenvalue weighted by atomic mass is 16.1. The number of rotatable bonds is 4. The van der Waals surface area contributed by atoms with Crippen LogP contribution >= 0.6 is 0 Å². The lowest BCUT2D eigenvalue weighted by molar-refractivity contribution is -0.119. The van der Waals surface area contributed by atoms with Gasteiger partial charge in [0.15, 0.2) is 0 Å². The second-order valence-corrected chi connectivity index (χ2v) is 3.81. The Morgan fingerprint density at radius 3 is 2.60 bits per heavy atom. The van der Waals surface area contributed by atoms with Crippen LogP contribution in [0.4, 0.5) is 5.69 Å². The average Bonchev–Trinajstić information content (AvgIpc) is 2.20. The summed E-state index contributed by atoms with van der Waals surface area (Å²) in [6.07, 6.45) is 0.423. The highest BCUT2D eigenvalue weighted by molar-refractivity contribution is 5.80. The summed E-state index contributed by atoms with van der Waals surface area (Å²) in [5.74, 6) is 0.0352. The number of anilines is 1. The molecule has 82 valence electrons. The van der Waals surface area contributed by atoms with Gasteiger partial charge in [-0.2, -0.15) is 0 Å². The van der Waals surface area contributed by atoms with Gasteiger partial charge < -0.3 is 10.6 Å². The molecule has 0 fully saturated rings. The van der Waals surface area contributed by atoms with Crippen LogP contribution in [-0.2, 0) is 11.2 Å². The minimum Gasteiger partial charge on any atom is -0.383 e. The standard InChI is InChI=1S/C12H18N2O/c1-9(2)14-11-7-5-4-6-10(11)8-12(15)13-3/h4-7,9,14H,8H2,1-3H3,(H,13,15). The van der Waals surface area contributed by atoms with Crippen molar-refractivity contribution < 1.29 is 4.79 Å². The fraction of sp³-hybridized carbons (Fsp3) is 0.417. The minimum absolute atomic E-state index is 0.0352. The Bertz CT molecular complexity index is 334. The molecular weight excluding hydrogens is 188 g/mol. The molecule has 0 heterocycles. The van der Waals surface area contributed by atoms with Crippen LogP contribution in [0, 0.1) is 0 Å². The molecule has 0 atom stereocenters. The molecular formula is C12H18N2O. The van der Waals surface area contributed by atoms with E-state index >= 15 is 0 Å². The van der Waals surface area contributed by atoms with Gasteiger partial charge in [-0.05, 0) is 25.5 Å². The monoisotopic (exact) mass is 206 g/mol. The lowest BCUT2D eigenvalue weighted by Crippen LogP contribution is -2.21. The molecule has 0 aliphatic heterocycles. The minimum atomic E-state index is 0.0352. The van der Waals surface area contributed by atoms with Gasteiger partial charge in [0.1, 0.15) is 0 Å². The molecule has 0 aliphatic rings. The van der Waals surface area contributed by atoms with Gasteiger partial charge in [-0.1, -0.05) is 18.2 Å². The number of hydrogen-bond donors (Lipinski definition) is 2.